The standard InChI is InChI=1S/C8H16O2/c1-4-5-9-6-7-10-8(2)3/h4,8H,2,5-7H2,1,3H3. The van der Waals surface area contributed by atoms with Crippen molar-refractivity contribution in [2.75, 3.05) is 19.8 Å². The minimum atomic E-state index is 0.0641. The Morgan fingerprint density at radius 1 is 1.50 bits per heavy atom. The van der Waals surface area contributed by atoms with Crippen LogP contribution in [0.15, 0.2) is 0 Å². The van der Waals surface area contributed by atoms with Crippen molar-refractivity contribution < 1.29 is 9.47 Å². The van der Waals surface area contributed by atoms with E-state index >= 15 is 0 Å². The third-order valence-corrected chi connectivity index (χ3v) is 0.915. The van der Waals surface area contributed by atoms with Gasteiger partial charge in [0.25, 0.3) is 0 Å². The van der Waals surface area contributed by atoms with Gasteiger partial charge < -0.3 is 9.47 Å². The molecule has 0 saturated carbocycles. The monoisotopic (exact) mass is 144 g/mol. The average molecular weight is 144 g/mol. The molecule has 0 fully saturated rings. The van der Waals surface area contributed by atoms with Gasteiger partial charge in [-0.2, -0.15) is 0 Å². The Morgan fingerprint density at radius 3 is 2.70 bits per heavy atom. The summed E-state index contributed by atoms with van der Waals surface area (Å²) in [7, 11) is 0. The van der Waals surface area contributed by atoms with E-state index in [-0.39, 0.29) is 6.10 Å². The van der Waals surface area contributed by atoms with E-state index in [9.17, 15) is 0 Å². The van der Waals surface area contributed by atoms with E-state index in [0.717, 1.165) is 0 Å². The molecule has 10 heavy (non-hydrogen) atoms. The van der Waals surface area contributed by atoms with E-state index in [1.165, 1.54) is 0 Å². The largest absolute Gasteiger partial charge is 0.379 e. The molecule has 0 aromatic rings. The van der Waals surface area contributed by atoms with Crippen molar-refractivity contribution >= 4 is 0 Å². The van der Waals surface area contributed by atoms with Gasteiger partial charge in [-0.1, -0.05) is 6.92 Å². The maximum absolute atomic E-state index is 5.14. The molecule has 0 amide bonds. The van der Waals surface area contributed by atoms with E-state index in [2.05, 4.69) is 6.92 Å². The number of ether oxygens (including phenoxy) is 2. The lowest BCUT2D eigenvalue weighted by molar-refractivity contribution is 0.0346. The minimum Gasteiger partial charge on any atom is -0.379 e. The first-order valence-electron chi connectivity index (χ1n) is 3.57. The molecule has 1 unspecified atom stereocenters. The molecule has 2 heteroatoms. The summed E-state index contributed by atoms with van der Waals surface area (Å²) in [6, 6.07) is 0. The Morgan fingerprint density at radius 2 is 2.20 bits per heavy atom. The molecule has 0 rings (SSSR count). The summed E-state index contributed by atoms with van der Waals surface area (Å²) in [6.07, 6.45) is 2.03. The highest BCUT2D eigenvalue weighted by Crippen LogP contribution is 1.86. The molecule has 60 valence electrons. The highest BCUT2D eigenvalue weighted by molar-refractivity contribution is 4.52. The van der Waals surface area contributed by atoms with Gasteiger partial charge in [0.2, 0.25) is 0 Å². The maximum Gasteiger partial charge on any atom is 0.0704 e. The fourth-order valence-corrected chi connectivity index (χ4v) is 0.509. The number of hydrogen-bond donors (Lipinski definition) is 0. The fourth-order valence-electron chi connectivity index (χ4n) is 0.509. The highest BCUT2D eigenvalue weighted by atomic mass is 16.5. The summed E-state index contributed by atoms with van der Waals surface area (Å²) in [6.45, 7) is 9.54. The molecule has 0 aromatic heterocycles. The predicted molar refractivity (Wildman–Crippen MR) is 41.6 cm³/mol. The van der Waals surface area contributed by atoms with Gasteiger partial charge in [0, 0.05) is 6.61 Å². The third-order valence-electron chi connectivity index (χ3n) is 0.915. The molecule has 0 aliphatic carbocycles. The first kappa shape index (κ1) is 9.92. The first-order valence-corrected chi connectivity index (χ1v) is 3.57. The Hall–Kier alpha value is -0.0800. The summed E-state index contributed by atoms with van der Waals surface area (Å²) in [5, 5.41) is 0. The summed E-state index contributed by atoms with van der Waals surface area (Å²) >= 11 is 0. The lowest BCUT2D eigenvalue weighted by atomic mass is 10.5. The SMILES string of the molecule is [CH2]C(C)OCCOC[CH]C. The summed E-state index contributed by atoms with van der Waals surface area (Å²) < 4.78 is 10.3. The molecule has 2 nitrogen and oxygen atoms in total. The second kappa shape index (κ2) is 7.03. The Bertz CT molecular complexity index is 62.3. The molecular weight excluding hydrogens is 128 g/mol. The fraction of sp³-hybridized carbons (Fsp3) is 0.750. The van der Waals surface area contributed by atoms with Crippen molar-refractivity contribution in [2.24, 2.45) is 0 Å². The van der Waals surface area contributed by atoms with Crippen molar-refractivity contribution in [1.29, 1.82) is 0 Å². The van der Waals surface area contributed by atoms with E-state index in [4.69, 9.17) is 9.47 Å². The molecule has 0 N–H and O–H groups in total. The molecule has 0 bridgehead atoms. The van der Waals surface area contributed by atoms with Crippen LogP contribution in [0.4, 0.5) is 0 Å². The number of hydrogen-bond acceptors (Lipinski definition) is 2. The van der Waals surface area contributed by atoms with Crippen LogP contribution < -0.4 is 0 Å². The van der Waals surface area contributed by atoms with Crippen LogP contribution in [0.1, 0.15) is 13.8 Å². The van der Waals surface area contributed by atoms with Crippen LogP contribution in [-0.4, -0.2) is 25.9 Å². The predicted octanol–water partition coefficient (Wildman–Crippen LogP) is 1.47. The molecule has 0 aliphatic rings. The Balaban J connectivity index is 2.77. The molecule has 0 spiro atoms. The quantitative estimate of drug-likeness (QED) is 0.525. The van der Waals surface area contributed by atoms with Gasteiger partial charge in [0.1, 0.15) is 0 Å². The third kappa shape index (κ3) is 7.92. The number of rotatable bonds is 6. The normalized spacial score (nSPS) is 10.8. The molecule has 0 aliphatic heterocycles. The second-order valence-electron chi connectivity index (χ2n) is 2.16. The zero-order valence-electron chi connectivity index (χ0n) is 6.80. The van der Waals surface area contributed by atoms with E-state index < -0.39 is 0 Å². The lowest BCUT2D eigenvalue weighted by Crippen LogP contribution is -2.10. The molecule has 2 radical (unpaired) electrons. The average Bonchev–Trinajstić information content (AvgIpc) is 1.87. The van der Waals surface area contributed by atoms with Crippen LogP contribution >= 0.6 is 0 Å². The second-order valence-corrected chi connectivity index (χ2v) is 2.16. The zero-order chi connectivity index (χ0) is 7.82. The van der Waals surface area contributed by atoms with Crippen LogP contribution in [0, 0.1) is 13.3 Å². The molecular formula is C8H16O2. The van der Waals surface area contributed by atoms with Crippen LogP contribution in [0.5, 0.6) is 0 Å². The molecule has 1 atom stereocenters. The van der Waals surface area contributed by atoms with E-state index in [1.54, 1.807) is 0 Å². The van der Waals surface area contributed by atoms with Crippen LogP contribution in [0.2, 0.25) is 0 Å². The van der Waals surface area contributed by atoms with Crippen molar-refractivity contribution in [3.63, 3.8) is 0 Å². The van der Waals surface area contributed by atoms with Crippen LogP contribution in [0.3, 0.4) is 0 Å². The maximum atomic E-state index is 5.14. The van der Waals surface area contributed by atoms with Gasteiger partial charge in [-0.3, -0.25) is 0 Å². The van der Waals surface area contributed by atoms with Gasteiger partial charge in [0.15, 0.2) is 0 Å². The first-order chi connectivity index (χ1) is 4.77. The van der Waals surface area contributed by atoms with E-state index in [1.807, 2.05) is 20.3 Å². The van der Waals surface area contributed by atoms with E-state index in [0.29, 0.717) is 19.8 Å². The molecule has 0 heterocycles. The van der Waals surface area contributed by atoms with Crippen LogP contribution in [-0.2, 0) is 9.47 Å². The highest BCUT2D eigenvalue weighted by Gasteiger charge is 1.91. The van der Waals surface area contributed by atoms with Crippen molar-refractivity contribution in [3.05, 3.63) is 13.3 Å². The minimum absolute atomic E-state index is 0.0641. The van der Waals surface area contributed by atoms with Gasteiger partial charge in [0.05, 0.1) is 19.3 Å². The Labute approximate surface area is 63.5 Å². The van der Waals surface area contributed by atoms with Crippen molar-refractivity contribution in [3.8, 4) is 0 Å². The van der Waals surface area contributed by atoms with Gasteiger partial charge in [-0.05, 0) is 20.3 Å². The van der Waals surface area contributed by atoms with Gasteiger partial charge in [-0.15, -0.1) is 0 Å². The van der Waals surface area contributed by atoms with Crippen molar-refractivity contribution in [2.45, 2.75) is 20.0 Å². The topological polar surface area (TPSA) is 18.5 Å². The van der Waals surface area contributed by atoms with Gasteiger partial charge >= 0.3 is 0 Å². The van der Waals surface area contributed by atoms with Crippen LogP contribution in [0.25, 0.3) is 0 Å². The van der Waals surface area contributed by atoms with Crippen molar-refractivity contribution in [1.82, 2.24) is 0 Å². The summed E-state index contributed by atoms with van der Waals surface area (Å²) in [5.41, 5.74) is 0. The molecule has 0 aromatic carbocycles. The zero-order valence-corrected chi connectivity index (χ0v) is 6.80. The summed E-state index contributed by atoms with van der Waals surface area (Å²) in [4.78, 5) is 0. The Kier molecular flexibility index (Phi) is 6.98. The summed E-state index contributed by atoms with van der Waals surface area (Å²) in [5.74, 6) is 0. The lowest BCUT2D eigenvalue weighted by Gasteiger charge is -2.06. The molecule has 0 saturated heterocycles. The van der Waals surface area contributed by atoms with Gasteiger partial charge in [-0.25, -0.2) is 0 Å². The smallest absolute Gasteiger partial charge is 0.0704 e.